The van der Waals surface area contributed by atoms with Gasteiger partial charge in [-0.2, -0.15) is 13.2 Å². The molecule has 1 aliphatic heterocycles. The molecule has 1 amide bonds. The summed E-state index contributed by atoms with van der Waals surface area (Å²) in [5.41, 5.74) is 2.21. The lowest BCUT2D eigenvalue weighted by molar-refractivity contribution is -0.187. The smallest absolute Gasteiger partial charge is 0.353 e. The second-order valence-corrected chi connectivity index (χ2v) is 5.36. The van der Waals surface area contributed by atoms with Crippen LogP contribution in [0.15, 0.2) is 0 Å². The SMILES string of the molecule is CC(CNC(=O)C(C)(N)C(F)(F)F)N1CCCCC1. The number of halogens is 3. The predicted molar refractivity (Wildman–Crippen MR) is 66.5 cm³/mol. The first-order valence-corrected chi connectivity index (χ1v) is 6.54. The Balaban J connectivity index is 2.45. The first kappa shape index (κ1) is 16.2. The van der Waals surface area contributed by atoms with Crippen molar-refractivity contribution in [2.24, 2.45) is 5.73 Å². The lowest BCUT2D eigenvalue weighted by atomic mass is 10.0. The highest BCUT2D eigenvalue weighted by atomic mass is 19.4. The highest BCUT2D eigenvalue weighted by Gasteiger charge is 2.53. The second-order valence-electron chi connectivity index (χ2n) is 5.36. The Morgan fingerprint density at radius 1 is 1.32 bits per heavy atom. The molecule has 1 fully saturated rings. The van der Waals surface area contributed by atoms with E-state index < -0.39 is 17.6 Å². The molecule has 0 aliphatic carbocycles. The van der Waals surface area contributed by atoms with E-state index in [0.717, 1.165) is 25.9 Å². The molecule has 19 heavy (non-hydrogen) atoms. The summed E-state index contributed by atoms with van der Waals surface area (Å²) < 4.78 is 37.7. The van der Waals surface area contributed by atoms with Crippen LogP contribution < -0.4 is 11.1 Å². The van der Waals surface area contributed by atoms with E-state index in [-0.39, 0.29) is 12.6 Å². The number of nitrogens with one attached hydrogen (secondary N) is 1. The normalized spacial score (nSPS) is 22.6. The average molecular weight is 281 g/mol. The average Bonchev–Trinajstić information content (AvgIpc) is 2.35. The van der Waals surface area contributed by atoms with Crippen LogP contribution in [0.5, 0.6) is 0 Å². The molecule has 3 N–H and O–H groups in total. The van der Waals surface area contributed by atoms with Crippen molar-refractivity contribution in [2.45, 2.75) is 50.9 Å². The molecule has 1 saturated heterocycles. The van der Waals surface area contributed by atoms with Crippen LogP contribution in [-0.4, -0.2) is 48.2 Å². The number of rotatable bonds is 4. The van der Waals surface area contributed by atoms with Gasteiger partial charge >= 0.3 is 6.18 Å². The zero-order valence-electron chi connectivity index (χ0n) is 11.4. The van der Waals surface area contributed by atoms with Gasteiger partial charge in [0.25, 0.3) is 0 Å². The quantitative estimate of drug-likeness (QED) is 0.815. The number of piperidine rings is 1. The van der Waals surface area contributed by atoms with E-state index >= 15 is 0 Å². The van der Waals surface area contributed by atoms with Crippen molar-refractivity contribution < 1.29 is 18.0 Å². The van der Waals surface area contributed by atoms with Gasteiger partial charge in [0.05, 0.1) is 0 Å². The van der Waals surface area contributed by atoms with Gasteiger partial charge in [0.1, 0.15) is 0 Å². The Morgan fingerprint density at radius 3 is 2.32 bits per heavy atom. The summed E-state index contributed by atoms with van der Waals surface area (Å²) in [4.78, 5) is 13.7. The lowest BCUT2D eigenvalue weighted by Gasteiger charge is -2.33. The predicted octanol–water partition coefficient (Wildman–Crippen LogP) is 1.26. The Bertz CT molecular complexity index is 312. The van der Waals surface area contributed by atoms with Crippen molar-refractivity contribution in [3.05, 3.63) is 0 Å². The Morgan fingerprint density at radius 2 is 1.84 bits per heavy atom. The molecular weight excluding hydrogens is 259 g/mol. The molecule has 4 nitrogen and oxygen atoms in total. The van der Waals surface area contributed by atoms with E-state index in [1.54, 1.807) is 0 Å². The van der Waals surface area contributed by atoms with Gasteiger partial charge in [-0.15, -0.1) is 0 Å². The number of carbonyl (C=O) groups is 1. The summed E-state index contributed by atoms with van der Waals surface area (Å²) in [5.74, 6) is -1.18. The molecule has 2 unspecified atom stereocenters. The minimum atomic E-state index is -4.74. The van der Waals surface area contributed by atoms with Crippen molar-refractivity contribution in [3.8, 4) is 0 Å². The van der Waals surface area contributed by atoms with Crippen LogP contribution in [0.25, 0.3) is 0 Å². The fourth-order valence-corrected chi connectivity index (χ4v) is 2.04. The number of nitrogens with two attached hydrogens (primary N) is 1. The monoisotopic (exact) mass is 281 g/mol. The number of likely N-dealkylation sites (tertiary alicyclic amines) is 1. The summed E-state index contributed by atoms with van der Waals surface area (Å²) in [6.45, 7) is 4.62. The maximum Gasteiger partial charge on any atom is 0.415 e. The van der Waals surface area contributed by atoms with Crippen LogP contribution in [0.1, 0.15) is 33.1 Å². The van der Waals surface area contributed by atoms with Crippen molar-refractivity contribution in [2.75, 3.05) is 19.6 Å². The summed E-state index contributed by atoms with van der Waals surface area (Å²) in [6, 6.07) is 0.0216. The molecule has 0 spiro atoms. The van der Waals surface area contributed by atoms with Gasteiger partial charge in [-0.3, -0.25) is 9.69 Å². The van der Waals surface area contributed by atoms with Gasteiger partial charge in [-0.1, -0.05) is 6.42 Å². The molecule has 0 aromatic carbocycles. The Hall–Kier alpha value is -0.820. The third-order valence-corrected chi connectivity index (χ3v) is 3.63. The van der Waals surface area contributed by atoms with E-state index in [1.807, 2.05) is 6.92 Å². The molecule has 0 radical (unpaired) electrons. The van der Waals surface area contributed by atoms with Gasteiger partial charge in [-0.05, 0) is 39.8 Å². The third kappa shape index (κ3) is 4.07. The van der Waals surface area contributed by atoms with Crippen LogP contribution >= 0.6 is 0 Å². The van der Waals surface area contributed by atoms with E-state index in [0.29, 0.717) is 6.92 Å². The van der Waals surface area contributed by atoms with E-state index in [4.69, 9.17) is 5.73 Å². The van der Waals surface area contributed by atoms with Gasteiger partial charge < -0.3 is 11.1 Å². The summed E-state index contributed by atoms with van der Waals surface area (Å²) >= 11 is 0. The van der Waals surface area contributed by atoms with Gasteiger partial charge in [0, 0.05) is 12.6 Å². The number of amides is 1. The van der Waals surface area contributed by atoms with E-state index in [9.17, 15) is 18.0 Å². The number of hydrogen-bond acceptors (Lipinski definition) is 3. The van der Waals surface area contributed by atoms with Crippen molar-refractivity contribution in [1.29, 1.82) is 0 Å². The number of alkyl halides is 3. The number of hydrogen-bond donors (Lipinski definition) is 2. The largest absolute Gasteiger partial charge is 0.415 e. The molecule has 112 valence electrons. The molecule has 1 aliphatic rings. The molecule has 7 heteroatoms. The maximum atomic E-state index is 12.6. The summed E-state index contributed by atoms with van der Waals surface area (Å²) in [6.07, 6.45) is -1.37. The van der Waals surface area contributed by atoms with Crippen LogP contribution in [0, 0.1) is 0 Å². The highest BCUT2D eigenvalue weighted by molar-refractivity contribution is 5.86. The standard InChI is InChI=1S/C12H22F3N3O/c1-9(18-6-4-3-5-7-18)8-17-10(19)11(2,16)12(13,14)15/h9H,3-8,16H2,1-2H3,(H,17,19). The molecule has 1 rings (SSSR count). The fraction of sp³-hybridized carbons (Fsp3) is 0.917. The second kappa shape index (κ2) is 6.09. The first-order chi connectivity index (χ1) is 8.66. The molecular formula is C12H22F3N3O. The van der Waals surface area contributed by atoms with Crippen LogP contribution in [-0.2, 0) is 4.79 Å². The Labute approximate surface area is 111 Å². The minimum absolute atomic E-state index is 0.0216. The van der Waals surface area contributed by atoms with Gasteiger partial charge in [-0.25, -0.2) is 0 Å². The van der Waals surface area contributed by atoms with E-state index in [1.165, 1.54) is 6.42 Å². The molecule has 1 heterocycles. The maximum absolute atomic E-state index is 12.6. The first-order valence-electron chi connectivity index (χ1n) is 6.54. The molecule has 0 bridgehead atoms. The lowest BCUT2D eigenvalue weighted by Crippen LogP contribution is -2.62. The summed E-state index contributed by atoms with van der Waals surface area (Å²) in [5, 5.41) is 2.30. The van der Waals surface area contributed by atoms with Crippen molar-refractivity contribution in [3.63, 3.8) is 0 Å². The zero-order valence-corrected chi connectivity index (χ0v) is 11.4. The number of nitrogens with zero attached hydrogens (tertiary/aromatic N) is 1. The third-order valence-electron chi connectivity index (χ3n) is 3.63. The molecule has 0 aromatic rings. The van der Waals surface area contributed by atoms with Crippen molar-refractivity contribution >= 4 is 5.91 Å². The molecule has 2 atom stereocenters. The van der Waals surface area contributed by atoms with Crippen LogP contribution in [0.4, 0.5) is 13.2 Å². The molecule has 0 saturated carbocycles. The van der Waals surface area contributed by atoms with Crippen LogP contribution in [0.2, 0.25) is 0 Å². The van der Waals surface area contributed by atoms with E-state index in [2.05, 4.69) is 10.2 Å². The minimum Gasteiger partial charge on any atom is -0.353 e. The van der Waals surface area contributed by atoms with Crippen LogP contribution in [0.3, 0.4) is 0 Å². The number of carbonyl (C=O) groups excluding carboxylic acids is 1. The van der Waals surface area contributed by atoms with Gasteiger partial charge in [0.15, 0.2) is 5.54 Å². The highest BCUT2D eigenvalue weighted by Crippen LogP contribution is 2.27. The Kier molecular flexibility index (Phi) is 5.20. The summed E-state index contributed by atoms with van der Waals surface area (Å²) in [7, 11) is 0. The topological polar surface area (TPSA) is 58.4 Å². The zero-order chi connectivity index (χ0) is 14.7. The fourth-order valence-electron chi connectivity index (χ4n) is 2.04. The van der Waals surface area contributed by atoms with Crippen molar-refractivity contribution in [1.82, 2.24) is 10.2 Å². The van der Waals surface area contributed by atoms with Gasteiger partial charge in [0.2, 0.25) is 5.91 Å². The molecule has 0 aromatic heterocycles.